The normalized spacial score (nSPS) is 10.3. The third kappa shape index (κ3) is 6.02. The molecule has 0 unspecified atom stereocenters. The molecule has 0 aliphatic carbocycles. The van der Waals surface area contributed by atoms with Gasteiger partial charge in [-0.05, 0) is 49.1 Å². The third-order valence-corrected chi connectivity index (χ3v) is 4.09. The van der Waals surface area contributed by atoms with Gasteiger partial charge in [-0.1, -0.05) is 24.3 Å². The molecule has 2 N–H and O–H groups in total. The van der Waals surface area contributed by atoms with Gasteiger partial charge in [0, 0.05) is 6.54 Å². The Kier molecular flexibility index (Phi) is 7.67. The molecule has 0 radical (unpaired) electrons. The van der Waals surface area contributed by atoms with E-state index in [0.717, 1.165) is 18.4 Å². The van der Waals surface area contributed by atoms with Gasteiger partial charge in [0.15, 0.2) is 11.5 Å². The Morgan fingerprint density at radius 3 is 2.59 bits per heavy atom. The molecule has 0 atom stereocenters. The zero-order chi connectivity index (χ0) is 19.6. The van der Waals surface area contributed by atoms with Crippen molar-refractivity contribution in [3.63, 3.8) is 0 Å². The molecule has 0 fully saturated rings. The molecule has 2 aromatic carbocycles. The number of rotatable bonds is 10. The summed E-state index contributed by atoms with van der Waals surface area (Å²) in [6.07, 6.45) is 1.61. The summed E-state index contributed by atoms with van der Waals surface area (Å²) < 4.78 is 10.8. The number of carboxylic acids is 1. The van der Waals surface area contributed by atoms with Crippen LogP contribution < -0.4 is 14.8 Å². The van der Waals surface area contributed by atoms with Crippen molar-refractivity contribution < 1.29 is 24.2 Å². The number of amides is 1. The topological polar surface area (TPSA) is 84.9 Å². The molecule has 144 valence electrons. The van der Waals surface area contributed by atoms with Gasteiger partial charge >= 0.3 is 5.97 Å². The number of benzene rings is 2. The van der Waals surface area contributed by atoms with Crippen LogP contribution in [0.25, 0.3) is 0 Å². The molecule has 6 nitrogen and oxygen atoms in total. The Bertz CT molecular complexity index is 788. The average Bonchev–Trinajstić information content (AvgIpc) is 2.66. The maximum atomic E-state index is 12.1. The van der Waals surface area contributed by atoms with E-state index >= 15 is 0 Å². The van der Waals surface area contributed by atoms with E-state index in [2.05, 4.69) is 5.32 Å². The van der Waals surface area contributed by atoms with Crippen LogP contribution in [-0.4, -0.2) is 37.2 Å². The lowest BCUT2D eigenvalue weighted by atomic mass is 10.0. The van der Waals surface area contributed by atoms with Crippen molar-refractivity contribution in [2.45, 2.75) is 26.2 Å². The Morgan fingerprint density at radius 2 is 1.89 bits per heavy atom. The van der Waals surface area contributed by atoms with Crippen molar-refractivity contribution in [1.29, 1.82) is 0 Å². The largest absolute Gasteiger partial charge is 0.493 e. The first kappa shape index (κ1) is 20.3. The van der Waals surface area contributed by atoms with Crippen LogP contribution in [0.2, 0.25) is 0 Å². The molecule has 0 saturated carbocycles. The molecule has 2 rings (SSSR count). The van der Waals surface area contributed by atoms with E-state index in [1.807, 2.05) is 25.1 Å². The number of aryl methyl sites for hydroxylation is 1. The zero-order valence-electron chi connectivity index (χ0n) is 15.7. The summed E-state index contributed by atoms with van der Waals surface area (Å²) in [5.74, 6) is 0.203. The molecule has 0 saturated heterocycles. The number of nitrogens with one attached hydrogen (secondary N) is 1. The van der Waals surface area contributed by atoms with Gasteiger partial charge in [0.25, 0.3) is 0 Å². The lowest BCUT2D eigenvalue weighted by Crippen LogP contribution is -2.27. The monoisotopic (exact) mass is 371 g/mol. The van der Waals surface area contributed by atoms with Gasteiger partial charge in [-0.25, -0.2) is 4.79 Å². The number of carbonyl (C=O) groups is 2. The van der Waals surface area contributed by atoms with Crippen molar-refractivity contribution in [2.75, 3.05) is 20.3 Å². The Morgan fingerprint density at radius 1 is 1.11 bits per heavy atom. The van der Waals surface area contributed by atoms with Gasteiger partial charge in [0.1, 0.15) is 0 Å². The fraction of sp³-hybridized carbons (Fsp3) is 0.333. The molecule has 0 bridgehead atoms. The quantitative estimate of drug-likeness (QED) is 0.627. The van der Waals surface area contributed by atoms with Crippen LogP contribution in [0, 0.1) is 0 Å². The lowest BCUT2D eigenvalue weighted by molar-refractivity contribution is -0.120. The van der Waals surface area contributed by atoms with Crippen LogP contribution in [0.1, 0.15) is 34.8 Å². The summed E-state index contributed by atoms with van der Waals surface area (Å²) in [5, 5.41) is 12.0. The molecule has 0 spiro atoms. The van der Waals surface area contributed by atoms with E-state index in [1.54, 1.807) is 25.3 Å². The predicted molar refractivity (Wildman–Crippen MR) is 103 cm³/mol. The number of carboxylic acid groups (broad SMARTS) is 1. The van der Waals surface area contributed by atoms with Gasteiger partial charge in [-0.3, -0.25) is 4.79 Å². The van der Waals surface area contributed by atoms with Gasteiger partial charge in [-0.15, -0.1) is 0 Å². The Hall–Kier alpha value is -3.02. The molecule has 27 heavy (non-hydrogen) atoms. The number of hydrogen-bond donors (Lipinski definition) is 2. The molecule has 0 aromatic heterocycles. The predicted octanol–water partition coefficient (Wildman–Crippen LogP) is 3.08. The van der Waals surface area contributed by atoms with E-state index in [0.29, 0.717) is 30.2 Å². The molecule has 0 aliphatic heterocycles. The first-order valence-electron chi connectivity index (χ1n) is 8.92. The Balaban J connectivity index is 1.82. The maximum Gasteiger partial charge on any atom is 0.335 e. The fourth-order valence-electron chi connectivity index (χ4n) is 2.78. The van der Waals surface area contributed by atoms with E-state index in [-0.39, 0.29) is 17.9 Å². The summed E-state index contributed by atoms with van der Waals surface area (Å²) in [4.78, 5) is 23.3. The van der Waals surface area contributed by atoms with Gasteiger partial charge in [-0.2, -0.15) is 0 Å². The van der Waals surface area contributed by atoms with Crippen molar-refractivity contribution in [2.24, 2.45) is 0 Å². The number of ether oxygens (including phenoxy) is 2. The SMILES string of the molecule is CCOc1cc(CCCNC(=O)Cc2ccccc2C(=O)O)ccc1OC. The summed E-state index contributed by atoms with van der Waals surface area (Å²) in [6.45, 7) is 3.00. The summed E-state index contributed by atoms with van der Waals surface area (Å²) >= 11 is 0. The highest BCUT2D eigenvalue weighted by molar-refractivity contribution is 5.91. The molecule has 0 heterocycles. The number of carbonyl (C=O) groups excluding carboxylic acids is 1. The van der Waals surface area contributed by atoms with Gasteiger partial charge in [0.2, 0.25) is 5.91 Å². The van der Waals surface area contributed by atoms with Crippen LogP contribution in [0.4, 0.5) is 0 Å². The second-order valence-electron chi connectivity index (χ2n) is 6.01. The highest BCUT2D eigenvalue weighted by Crippen LogP contribution is 2.28. The minimum absolute atomic E-state index is 0.0551. The van der Waals surface area contributed by atoms with Gasteiger partial charge in [0.05, 0.1) is 25.7 Å². The lowest BCUT2D eigenvalue weighted by Gasteiger charge is -2.11. The summed E-state index contributed by atoms with van der Waals surface area (Å²) in [5.41, 5.74) is 1.78. The smallest absolute Gasteiger partial charge is 0.335 e. The molecule has 2 aromatic rings. The second kappa shape index (κ2) is 10.2. The van der Waals surface area contributed by atoms with E-state index in [9.17, 15) is 9.59 Å². The van der Waals surface area contributed by atoms with Crippen LogP contribution >= 0.6 is 0 Å². The third-order valence-electron chi connectivity index (χ3n) is 4.09. The number of methoxy groups -OCH3 is 1. The maximum absolute atomic E-state index is 12.1. The summed E-state index contributed by atoms with van der Waals surface area (Å²) in [6, 6.07) is 12.4. The van der Waals surface area contributed by atoms with Crippen molar-refractivity contribution in [1.82, 2.24) is 5.32 Å². The van der Waals surface area contributed by atoms with Crippen molar-refractivity contribution in [3.8, 4) is 11.5 Å². The van der Waals surface area contributed by atoms with Gasteiger partial charge < -0.3 is 19.9 Å². The summed E-state index contributed by atoms with van der Waals surface area (Å²) in [7, 11) is 1.61. The standard InChI is InChI=1S/C21H25NO5/c1-3-27-19-13-15(10-11-18(19)26-2)7-6-12-22-20(23)14-16-8-4-5-9-17(16)21(24)25/h4-5,8-11,13H,3,6-7,12,14H2,1-2H3,(H,22,23)(H,24,25). The highest BCUT2D eigenvalue weighted by Gasteiger charge is 2.12. The first-order chi connectivity index (χ1) is 13.0. The van der Waals surface area contributed by atoms with Crippen molar-refractivity contribution >= 4 is 11.9 Å². The van der Waals surface area contributed by atoms with E-state index in [1.165, 1.54) is 6.07 Å². The minimum atomic E-state index is -1.02. The van der Waals surface area contributed by atoms with E-state index in [4.69, 9.17) is 14.6 Å². The van der Waals surface area contributed by atoms with Crippen LogP contribution in [-0.2, 0) is 17.6 Å². The molecule has 0 aliphatic rings. The van der Waals surface area contributed by atoms with Crippen LogP contribution in [0.15, 0.2) is 42.5 Å². The number of aromatic carboxylic acids is 1. The fourth-order valence-corrected chi connectivity index (χ4v) is 2.78. The van der Waals surface area contributed by atoms with E-state index < -0.39 is 5.97 Å². The average molecular weight is 371 g/mol. The molecular weight excluding hydrogens is 346 g/mol. The van der Waals surface area contributed by atoms with Crippen LogP contribution in [0.5, 0.6) is 11.5 Å². The van der Waals surface area contributed by atoms with Crippen LogP contribution in [0.3, 0.4) is 0 Å². The van der Waals surface area contributed by atoms with Crippen molar-refractivity contribution in [3.05, 3.63) is 59.2 Å². The number of hydrogen-bond acceptors (Lipinski definition) is 4. The zero-order valence-corrected chi connectivity index (χ0v) is 15.7. The molecular formula is C21H25NO5. The molecule has 6 heteroatoms. The first-order valence-corrected chi connectivity index (χ1v) is 8.92. The molecule has 1 amide bonds. The highest BCUT2D eigenvalue weighted by atomic mass is 16.5. The minimum Gasteiger partial charge on any atom is -0.493 e. The second-order valence-corrected chi connectivity index (χ2v) is 6.01. The Labute approximate surface area is 159 Å².